The van der Waals surface area contributed by atoms with E-state index in [-0.39, 0.29) is 32.7 Å². The second kappa shape index (κ2) is 9.49. The summed E-state index contributed by atoms with van der Waals surface area (Å²) in [6.07, 6.45) is 5.84. The highest BCUT2D eigenvalue weighted by atomic mass is 35.5. The first kappa shape index (κ1) is 22.1. The second-order valence-corrected chi connectivity index (χ2v) is 7.77. The molecule has 158 valence electrons. The number of ether oxygens (including phenoxy) is 1. The molecule has 1 N–H and O–H groups in total. The highest BCUT2D eigenvalue weighted by Crippen LogP contribution is 2.41. The summed E-state index contributed by atoms with van der Waals surface area (Å²) in [5, 5.41) is 11.4. The Balaban J connectivity index is 2.14. The summed E-state index contributed by atoms with van der Waals surface area (Å²) in [6, 6.07) is 5.66. The third-order valence-corrected chi connectivity index (χ3v) is 5.58. The zero-order valence-corrected chi connectivity index (χ0v) is 18.2. The summed E-state index contributed by atoms with van der Waals surface area (Å²) in [5.41, 5.74) is 0.855. The molecule has 1 atom stereocenters. The van der Waals surface area contributed by atoms with Gasteiger partial charge >= 0.3 is 0 Å². The summed E-state index contributed by atoms with van der Waals surface area (Å²) in [4.78, 5) is 31.3. The first-order chi connectivity index (χ1) is 14.4. The van der Waals surface area contributed by atoms with Crippen molar-refractivity contribution in [2.75, 3.05) is 13.7 Å². The van der Waals surface area contributed by atoms with Gasteiger partial charge in [-0.1, -0.05) is 49.0 Å². The molecule has 1 aliphatic heterocycles. The monoisotopic (exact) mass is 448 g/mol. The summed E-state index contributed by atoms with van der Waals surface area (Å²) in [7, 11) is 1.43. The maximum Gasteiger partial charge on any atom is 0.295 e. The molecule has 1 aromatic heterocycles. The van der Waals surface area contributed by atoms with Gasteiger partial charge in [0.25, 0.3) is 11.7 Å². The standard InChI is InChI=1S/C22H22Cl2N2O4/c1-3-4-5-9-26-18(13-7-6-8-25-12-13)17(20(28)22(26)29)19(27)14-10-15(23)21(30-2)16(24)11-14/h6-8,10-12,18,27H,3-5,9H2,1-2H3/b19-17+. The van der Waals surface area contributed by atoms with Gasteiger partial charge in [-0.05, 0) is 30.2 Å². The minimum Gasteiger partial charge on any atom is -0.507 e. The number of rotatable bonds is 7. The molecule has 6 nitrogen and oxygen atoms in total. The van der Waals surface area contributed by atoms with E-state index in [1.54, 1.807) is 24.5 Å². The van der Waals surface area contributed by atoms with Gasteiger partial charge < -0.3 is 14.7 Å². The SMILES string of the molecule is CCCCCN1C(=O)C(=O)/C(=C(/O)c2cc(Cl)c(OC)c(Cl)c2)C1c1cccnc1. The highest BCUT2D eigenvalue weighted by molar-refractivity contribution is 6.46. The minimum atomic E-state index is -0.749. The number of aliphatic hydroxyl groups excluding tert-OH is 1. The number of halogens is 2. The lowest BCUT2D eigenvalue weighted by molar-refractivity contribution is -0.139. The molecular weight excluding hydrogens is 427 g/mol. The van der Waals surface area contributed by atoms with Gasteiger partial charge in [-0.2, -0.15) is 0 Å². The fraction of sp³-hybridized carbons (Fsp3) is 0.318. The molecule has 1 aromatic carbocycles. The Hall–Kier alpha value is -2.57. The van der Waals surface area contributed by atoms with Crippen molar-refractivity contribution in [3.8, 4) is 5.75 Å². The first-order valence-corrected chi connectivity index (χ1v) is 10.4. The van der Waals surface area contributed by atoms with Crippen LogP contribution >= 0.6 is 23.2 Å². The Morgan fingerprint density at radius 1 is 1.23 bits per heavy atom. The van der Waals surface area contributed by atoms with E-state index in [2.05, 4.69) is 11.9 Å². The van der Waals surface area contributed by atoms with Crippen molar-refractivity contribution in [2.45, 2.75) is 32.2 Å². The van der Waals surface area contributed by atoms with Crippen molar-refractivity contribution in [3.63, 3.8) is 0 Å². The predicted molar refractivity (Wildman–Crippen MR) is 116 cm³/mol. The largest absolute Gasteiger partial charge is 0.507 e. The Bertz CT molecular complexity index is 969. The van der Waals surface area contributed by atoms with E-state index in [4.69, 9.17) is 27.9 Å². The van der Waals surface area contributed by atoms with E-state index in [0.29, 0.717) is 12.1 Å². The molecule has 2 heterocycles. The third kappa shape index (κ3) is 4.16. The number of unbranched alkanes of at least 4 members (excludes halogenated alkanes) is 2. The van der Waals surface area contributed by atoms with Crippen LogP contribution in [0.3, 0.4) is 0 Å². The molecule has 1 aliphatic rings. The Morgan fingerprint density at radius 2 is 1.93 bits per heavy atom. The molecule has 0 radical (unpaired) electrons. The molecule has 3 rings (SSSR count). The van der Waals surface area contributed by atoms with E-state index >= 15 is 0 Å². The molecule has 0 spiro atoms. The van der Waals surface area contributed by atoms with E-state index in [1.165, 1.54) is 24.1 Å². The smallest absolute Gasteiger partial charge is 0.295 e. The quantitative estimate of drug-likeness (QED) is 0.278. The number of carbonyl (C=O) groups is 2. The lowest BCUT2D eigenvalue weighted by Gasteiger charge is -2.25. The van der Waals surface area contributed by atoms with Crippen molar-refractivity contribution in [1.82, 2.24) is 9.88 Å². The van der Waals surface area contributed by atoms with Crippen molar-refractivity contribution < 1.29 is 19.4 Å². The normalized spacial score (nSPS) is 18.1. The van der Waals surface area contributed by atoms with Crippen LogP contribution in [0.25, 0.3) is 5.76 Å². The number of benzene rings is 1. The number of pyridine rings is 1. The van der Waals surface area contributed by atoms with Crippen LogP contribution in [0.1, 0.15) is 43.4 Å². The van der Waals surface area contributed by atoms with Gasteiger partial charge in [0.05, 0.1) is 28.8 Å². The number of amides is 1. The molecule has 1 amide bonds. The first-order valence-electron chi connectivity index (χ1n) is 9.62. The minimum absolute atomic E-state index is 0.0122. The Kier molecular flexibility index (Phi) is 7.00. The third-order valence-electron chi connectivity index (χ3n) is 5.02. The van der Waals surface area contributed by atoms with E-state index in [1.807, 2.05) is 0 Å². The van der Waals surface area contributed by atoms with E-state index in [9.17, 15) is 14.7 Å². The number of likely N-dealkylation sites (tertiary alicyclic amines) is 1. The van der Waals surface area contributed by atoms with Crippen LogP contribution in [0.5, 0.6) is 5.75 Å². The number of aromatic nitrogens is 1. The number of aliphatic hydroxyl groups is 1. The maximum atomic E-state index is 12.9. The van der Waals surface area contributed by atoms with Gasteiger partial charge in [0.15, 0.2) is 5.75 Å². The van der Waals surface area contributed by atoms with Crippen LogP contribution < -0.4 is 4.74 Å². The van der Waals surface area contributed by atoms with Crippen molar-refractivity contribution in [1.29, 1.82) is 0 Å². The van der Waals surface area contributed by atoms with Gasteiger partial charge in [-0.15, -0.1) is 0 Å². The summed E-state index contributed by atoms with van der Waals surface area (Å²) in [5.74, 6) is -1.47. The number of hydrogen-bond acceptors (Lipinski definition) is 5. The fourth-order valence-corrected chi connectivity index (χ4v) is 4.22. The summed E-state index contributed by atoms with van der Waals surface area (Å²) < 4.78 is 5.14. The summed E-state index contributed by atoms with van der Waals surface area (Å²) in [6.45, 7) is 2.46. The maximum absolute atomic E-state index is 12.9. The molecule has 0 aliphatic carbocycles. The Labute approximate surface area is 185 Å². The number of carbonyl (C=O) groups excluding carboxylic acids is 2. The van der Waals surface area contributed by atoms with Gasteiger partial charge in [0.1, 0.15) is 5.76 Å². The number of ketones is 1. The van der Waals surface area contributed by atoms with Gasteiger partial charge in [0.2, 0.25) is 0 Å². The lowest BCUT2D eigenvalue weighted by atomic mass is 9.96. The molecule has 2 aromatic rings. The number of Topliss-reactive ketones (excluding diaryl/α,β-unsaturated/α-hetero) is 1. The van der Waals surface area contributed by atoms with Crippen LogP contribution in [0.4, 0.5) is 0 Å². The molecule has 8 heteroatoms. The molecule has 30 heavy (non-hydrogen) atoms. The van der Waals surface area contributed by atoms with Crippen molar-refractivity contribution >= 4 is 40.7 Å². The molecule has 1 unspecified atom stereocenters. The van der Waals surface area contributed by atoms with Crippen LogP contribution in [-0.4, -0.2) is 40.3 Å². The molecule has 1 fully saturated rings. The molecule has 1 saturated heterocycles. The zero-order chi connectivity index (χ0) is 21.8. The van der Waals surface area contributed by atoms with Crippen LogP contribution in [0.2, 0.25) is 10.0 Å². The second-order valence-electron chi connectivity index (χ2n) is 6.96. The van der Waals surface area contributed by atoms with E-state index in [0.717, 1.165) is 19.3 Å². The average Bonchev–Trinajstić information content (AvgIpc) is 2.98. The topological polar surface area (TPSA) is 79.7 Å². The number of hydrogen-bond donors (Lipinski definition) is 1. The summed E-state index contributed by atoms with van der Waals surface area (Å²) >= 11 is 12.4. The van der Waals surface area contributed by atoms with Crippen LogP contribution in [0.15, 0.2) is 42.2 Å². The molecular formula is C22H22Cl2N2O4. The number of nitrogens with zero attached hydrogens (tertiary/aromatic N) is 2. The lowest BCUT2D eigenvalue weighted by Crippen LogP contribution is -2.30. The van der Waals surface area contributed by atoms with Crippen molar-refractivity contribution in [2.24, 2.45) is 0 Å². The van der Waals surface area contributed by atoms with Gasteiger partial charge in [-0.25, -0.2) is 0 Å². The van der Waals surface area contributed by atoms with Gasteiger partial charge in [-0.3, -0.25) is 14.6 Å². The van der Waals surface area contributed by atoms with Crippen LogP contribution in [-0.2, 0) is 9.59 Å². The van der Waals surface area contributed by atoms with Crippen LogP contribution in [0, 0.1) is 0 Å². The predicted octanol–water partition coefficient (Wildman–Crippen LogP) is 5.01. The highest BCUT2D eigenvalue weighted by Gasteiger charge is 2.45. The van der Waals surface area contributed by atoms with Gasteiger partial charge in [0, 0.05) is 24.5 Å². The Morgan fingerprint density at radius 3 is 2.50 bits per heavy atom. The van der Waals surface area contributed by atoms with E-state index < -0.39 is 17.7 Å². The average molecular weight is 449 g/mol. The fourth-order valence-electron chi connectivity index (χ4n) is 3.57. The molecule has 0 bridgehead atoms. The zero-order valence-electron chi connectivity index (χ0n) is 16.7. The van der Waals surface area contributed by atoms with Crippen molar-refractivity contribution in [3.05, 3.63) is 63.4 Å². The molecule has 0 saturated carbocycles. The number of methoxy groups -OCH3 is 1.